The summed E-state index contributed by atoms with van der Waals surface area (Å²) in [6.45, 7) is 3.62. The Balaban J connectivity index is 2.35. The molecule has 2 aromatic rings. The molecule has 0 aliphatic carbocycles. The van der Waals surface area contributed by atoms with Gasteiger partial charge in [-0.05, 0) is 36.6 Å². The Morgan fingerprint density at radius 2 is 1.83 bits per heavy atom. The Hall–Kier alpha value is -2.18. The number of carbonyl (C=O) groups is 1. The van der Waals surface area contributed by atoms with Crippen molar-refractivity contribution in [2.45, 2.75) is 37.6 Å². The Kier molecular flexibility index (Phi) is 5.75. The fraction of sp³-hybridized carbons (Fsp3) is 0.278. The van der Waals surface area contributed by atoms with E-state index >= 15 is 0 Å². The van der Waals surface area contributed by atoms with Crippen LogP contribution in [-0.2, 0) is 10.0 Å². The van der Waals surface area contributed by atoms with Crippen LogP contribution in [0.3, 0.4) is 0 Å². The van der Waals surface area contributed by atoms with Crippen LogP contribution in [0, 0.1) is 6.92 Å². The Morgan fingerprint density at radius 1 is 1.17 bits per heavy atom. The maximum Gasteiger partial charge on any atom is 0.335 e. The molecule has 2 rings (SSSR count). The predicted molar refractivity (Wildman–Crippen MR) is 92.6 cm³/mol. The lowest BCUT2D eigenvalue weighted by Crippen LogP contribution is -2.29. The van der Waals surface area contributed by atoms with Gasteiger partial charge in [0.1, 0.15) is 0 Å². The summed E-state index contributed by atoms with van der Waals surface area (Å²) in [5, 5.41) is 9.18. The number of carboxylic acids is 1. The number of hydrogen-bond donors (Lipinski definition) is 2. The minimum atomic E-state index is -3.82. The molecular formula is C18H21NO4S. The second-order valence-electron chi connectivity index (χ2n) is 5.66. The van der Waals surface area contributed by atoms with Crippen molar-refractivity contribution in [3.05, 3.63) is 65.2 Å². The molecular weight excluding hydrogens is 326 g/mol. The van der Waals surface area contributed by atoms with Crippen LogP contribution in [0.25, 0.3) is 0 Å². The summed E-state index contributed by atoms with van der Waals surface area (Å²) >= 11 is 0. The van der Waals surface area contributed by atoms with E-state index in [9.17, 15) is 18.3 Å². The number of carboxylic acid groups (broad SMARTS) is 1. The third-order valence-corrected chi connectivity index (χ3v) is 5.30. The number of sulfonamides is 1. The molecule has 0 spiro atoms. The average Bonchev–Trinajstić information content (AvgIpc) is 2.55. The van der Waals surface area contributed by atoms with E-state index in [1.807, 2.05) is 37.3 Å². The van der Waals surface area contributed by atoms with E-state index in [4.69, 9.17) is 0 Å². The van der Waals surface area contributed by atoms with E-state index in [1.165, 1.54) is 18.2 Å². The molecule has 0 fully saturated rings. The van der Waals surface area contributed by atoms with Gasteiger partial charge in [-0.1, -0.05) is 49.7 Å². The fourth-order valence-electron chi connectivity index (χ4n) is 2.52. The van der Waals surface area contributed by atoms with Gasteiger partial charge in [-0.3, -0.25) is 0 Å². The van der Waals surface area contributed by atoms with E-state index in [0.29, 0.717) is 12.0 Å². The number of benzene rings is 2. The van der Waals surface area contributed by atoms with Crippen LogP contribution in [0.4, 0.5) is 0 Å². The summed E-state index contributed by atoms with van der Waals surface area (Å²) in [7, 11) is -3.82. The maximum atomic E-state index is 12.7. The molecule has 0 aliphatic rings. The Labute approximate surface area is 142 Å². The predicted octanol–water partition coefficient (Wildman–Crippen LogP) is 3.51. The van der Waals surface area contributed by atoms with Crippen LogP contribution < -0.4 is 4.72 Å². The van der Waals surface area contributed by atoms with Gasteiger partial charge in [-0.25, -0.2) is 17.9 Å². The monoisotopic (exact) mass is 347 g/mol. The van der Waals surface area contributed by atoms with Crippen molar-refractivity contribution in [2.75, 3.05) is 0 Å². The van der Waals surface area contributed by atoms with Gasteiger partial charge in [0.25, 0.3) is 0 Å². The van der Waals surface area contributed by atoms with Crippen LogP contribution >= 0.6 is 0 Å². The molecule has 1 atom stereocenters. The molecule has 24 heavy (non-hydrogen) atoms. The van der Waals surface area contributed by atoms with Crippen molar-refractivity contribution in [1.82, 2.24) is 4.72 Å². The quantitative estimate of drug-likeness (QED) is 0.803. The lowest BCUT2D eigenvalue weighted by molar-refractivity contribution is 0.0696. The summed E-state index contributed by atoms with van der Waals surface area (Å²) in [5.74, 6) is -1.14. The molecule has 5 nitrogen and oxygen atoms in total. The molecule has 2 N–H and O–H groups in total. The van der Waals surface area contributed by atoms with Crippen LogP contribution in [-0.4, -0.2) is 19.5 Å². The molecule has 0 bridgehead atoms. The highest BCUT2D eigenvalue weighted by Gasteiger charge is 2.22. The molecule has 0 amide bonds. The Bertz CT molecular complexity index is 816. The largest absolute Gasteiger partial charge is 0.478 e. The third-order valence-electron chi connectivity index (χ3n) is 3.83. The smallest absolute Gasteiger partial charge is 0.335 e. The van der Waals surface area contributed by atoms with Gasteiger partial charge < -0.3 is 5.11 Å². The summed E-state index contributed by atoms with van der Waals surface area (Å²) in [6.07, 6.45) is 1.47. The molecule has 0 unspecified atom stereocenters. The standard InChI is InChI=1S/C18H21NO4S/c1-3-7-17(14-8-5-4-6-9-14)19-24(22,23)15-11-10-13(2)16(12-15)18(20)21/h4-6,8-12,17,19H,3,7H2,1-2H3,(H,20,21)/t17-/m0/s1. The highest BCUT2D eigenvalue weighted by Crippen LogP contribution is 2.23. The first-order valence-electron chi connectivity index (χ1n) is 7.76. The van der Waals surface area contributed by atoms with E-state index in [0.717, 1.165) is 12.0 Å². The van der Waals surface area contributed by atoms with Gasteiger partial charge in [0.05, 0.1) is 10.5 Å². The first-order valence-corrected chi connectivity index (χ1v) is 9.24. The summed E-state index contributed by atoms with van der Waals surface area (Å²) < 4.78 is 28.0. The molecule has 0 aliphatic heterocycles. The number of rotatable bonds is 7. The molecule has 128 valence electrons. The van der Waals surface area contributed by atoms with Gasteiger partial charge in [0.2, 0.25) is 10.0 Å². The van der Waals surface area contributed by atoms with Crippen molar-refractivity contribution in [1.29, 1.82) is 0 Å². The first kappa shape index (κ1) is 18.2. The minimum absolute atomic E-state index is 0.00960. The molecule has 0 saturated carbocycles. The van der Waals surface area contributed by atoms with Crippen molar-refractivity contribution in [3.8, 4) is 0 Å². The number of hydrogen-bond acceptors (Lipinski definition) is 3. The molecule has 6 heteroatoms. The van der Waals surface area contributed by atoms with Crippen LogP contribution in [0.5, 0.6) is 0 Å². The highest BCUT2D eigenvalue weighted by molar-refractivity contribution is 7.89. The average molecular weight is 347 g/mol. The second kappa shape index (κ2) is 7.59. The number of nitrogens with one attached hydrogen (secondary N) is 1. The fourth-order valence-corrected chi connectivity index (χ4v) is 3.81. The van der Waals surface area contributed by atoms with Crippen molar-refractivity contribution in [3.63, 3.8) is 0 Å². The SMILES string of the molecule is CCC[C@H](NS(=O)(=O)c1ccc(C)c(C(=O)O)c1)c1ccccc1. The van der Waals surface area contributed by atoms with Gasteiger partial charge in [-0.2, -0.15) is 0 Å². The first-order chi connectivity index (χ1) is 11.3. The topological polar surface area (TPSA) is 83.5 Å². The van der Waals surface area contributed by atoms with Gasteiger partial charge in [-0.15, -0.1) is 0 Å². The third kappa shape index (κ3) is 4.21. The maximum absolute atomic E-state index is 12.7. The minimum Gasteiger partial charge on any atom is -0.478 e. The van der Waals surface area contributed by atoms with Crippen molar-refractivity contribution in [2.24, 2.45) is 0 Å². The lowest BCUT2D eigenvalue weighted by atomic mass is 10.0. The number of aryl methyl sites for hydroxylation is 1. The normalized spacial score (nSPS) is 12.8. The zero-order valence-electron chi connectivity index (χ0n) is 13.7. The van der Waals surface area contributed by atoms with E-state index in [1.54, 1.807) is 6.92 Å². The molecule has 0 radical (unpaired) electrons. The molecule has 0 saturated heterocycles. The zero-order valence-corrected chi connectivity index (χ0v) is 14.5. The summed E-state index contributed by atoms with van der Waals surface area (Å²) in [5.41, 5.74) is 1.40. The Morgan fingerprint density at radius 3 is 2.42 bits per heavy atom. The van der Waals surface area contributed by atoms with Crippen LogP contribution in [0.2, 0.25) is 0 Å². The zero-order chi connectivity index (χ0) is 17.7. The lowest BCUT2D eigenvalue weighted by Gasteiger charge is -2.19. The van der Waals surface area contributed by atoms with Gasteiger partial charge >= 0.3 is 5.97 Å². The van der Waals surface area contributed by atoms with Crippen molar-refractivity contribution >= 4 is 16.0 Å². The van der Waals surface area contributed by atoms with E-state index < -0.39 is 16.0 Å². The summed E-state index contributed by atoms with van der Waals surface area (Å²) in [4.78, 5) is 11.2. The van der Waals surface area contributed by atoms with E-state index in [-0.39, 0.29) is 16.5 Å². The molecule has 2 aromatic carbocycles. The number of aromatic carboxylic acids is 1. The van der Waals surface area contributed by atoms with Crippen LogP contribution in [0.15, 0.2) is 53.4 Å². The van der Waals surface area contributed by atoms with Crippen LogP contribution in [0.1, 0.15) is 47.3 Å². The highest BCUT2D eigenvalue weighted by atomic mass is 32.2. The summed E-state index contributed by atoms with van der Waals surface area (Å²) in [6, 6.07) is 13.1. The van der Waals surface area contributed by atoms with Gasteiger partial charge in [0, 0.05) is 6.04 Å². The van der Waals surface area contributed by atoms with Crippen molar-refractivity contribution < 1.29 is 18.3 Å². The van der Waals surface area contributed by atoms with E-state index in [2.05, 4.69) is 4.72 Å². The van der Waals surface area contributed by atoms with Gasteiger partial charge in [0.15, 0.2) is 0 Å². The second-order valence-corrected chi connectivity index (χ2v) is 7.37. The molecule has 0 heterocycles. The molecule has 0 aromatic heterocycles.